The number of nitrogens with two attached hydrogens (primary N) is 1. The van der Waals surface area contributed by atoms with E-state index in [1.165, 1.54) is 0 Å². The Kier molecular flexibility index (Phi) is 6.93. The van der Waals surface area contributed by atoms with Gasteiger partial charge in [-0.25, -0.2) is 0 Å². The molecule has 5 unspecified atom stereocenters. The van der Waals surface area contributed by atoms with Crippen LogP contribution in [0.5, 0.6) is 5.75 Å². The summed E-state index contributed by atoms with van der Waals surface area (Å²) in [5.74, 6) is 0.0276. The molecule has 5 atom stereocenters. The summed E-state index contributed by atoms with van der Waals surface area (Å²) in [6, 6.07) is 4.77. The highest BCUT2D eigenvalue weighted by Gasteiger charge is 2.34. The molecule has 1 aliphatic carbocycles. The fourth-order valence-corrected chi connectivity index (χ4v) is 4.76. The second-order valence-electron chi connectivity index (χ2n) is 6.11. The molecule has 5 nitrogen and oxygen atoms in total. The van der Waals surface area contributed by atoms with E-state index in [-0.39, 0.29) is 22.1 Å². The van der Waals surface area contributed by atoms with Gasteiger partial charge < -0.3 is 20.7 Å². The Hall–Kier alpha value is -0.130. The zero-order valence-electron chi connectivity index (χ0n) is 12.8. The van der Waals surface area contributed by atoms with Crippen molar-refractivity contribution in [2.24, 2.45) is 11.7 Å². The topological polar surface area (TPSA) is 92.8 Å². The number of carboxylic acids is 1. The standard InChI is InChI=1S/C16H21I2NO4/c1-8-4-10(7-12(18)15(8)20)23-14-3-2-9(5-11(14)17)6-13(19)16(21)22/h2-3,5,8,10,12-13,15,20H,4,6-7,19H2,1H3,(H,21,22). The number of hydrogen-bond donors (Lipinski definition) is 3. The van der Waals surface area contributed by atoms with Crippen molar-refractivity contribution >= 4 is 51.2 Å². The summed E-state index contributed by atoms with van der Waals surface area (Å²) in [6.07, 6.45) is 1.79. The van der Waals surface area contributed by atoms with Crippen LogP contribution in [-0.4, -0.2) is 38.4 Å². The van der Waals surface area contributed by atoms with E-state index in [4.69, 9.17) is 15.6 Å². The predicted molar refractivity (Wildman–Crippen MR) is 105 cm³/mol. The van der Waals surface area contributed by atoms with Crippen LogP contribution in [0.2, 0.25) is 0 Å². The number of aliphatic hydroxyl groups excluding tert-OH is 1. The van der Waals surface area contributed by atoms with Gasteiger partial charge in [0.05, 0.1) is 9.67 Å². The molecule has 0 radical (unpaired) electrons. The number of aliphatic carboxylic acids is 1. The Morgan fingerprint density at radius 3 is 2.74 bits per heavy atom. The van der Waals surface area contributed by atoms with Gasteiger partial charge in [0.25, 0.3) is 0 Å². The van der Waals surface area contributed by atoms with Gasteiger partial charge in [-0.1, -0.05) is 35.6 Å². The Balaban J connectivity index is 2.02. The smallest absolute Gasteiger partial charge is 0.320 e. The maximum absolute atomic E-state index is 10.8. The highest BCUT2D eigenvalue weighted by Crippen LogP contribution is 2.33. The maximum Gasteiger partial charge on any atom is 0.320 e. The quantitative estimate of drug-likeness (QED) is 0.391. The molecule has 0 spiro atoms. The molecule has 1 aliphatic rings. The van der Waals surface area contributed by atoms with Crippen LogP contribution in [-0.2, 0) is 11.2 Å². The van der Waals surface area contributed by atoms with E-state index in [1.54, 1.807) is 0 Å². The van der Waals surface area contributed by atoms with Crippen molar-refractivity contribution in [3.8, 4) is 5.75 Å². The summed E-state index contributed by atoms with van der Waals surface area (Å²) < 4.78 is 7.26. The van der Waals surface area contributed by atoms with E-state index < -0.39 is 12.0 Å². The fourth-order valence-electron chi connectivity index (χ4n) is 2.78. The Bertz CT molecular complexity index is 557. The van der Waals surface area contributed by atoms with Crippen molar-refractivity contribution in [2.75, 3.05) is 0 Å². The molecule has 7 heteroatoms. The van der Waals surface area contributed by atoms with E-state index in [0.717, 1.165) is 27.7 Å². The van der Waals surface area contributed by atoms with Crippen molar-refractivity contribution in [3.63, 3.8) is 0 Å². The Morgan fingerprint density at radius 2 is 2.17 bits per heavy atom. The third-order valence-corrected chi connectivity index (χ3v) is 6.23. The van der Waals surface area contributed by atoms with Crippen molar-refractivity contribution in [2.45, 2.75) is 48.4 Å². The fraction of sp³-hybridized carbons (Fsp3) is 0.562. The van der Waals surface area contributed by atoms with Crippen molar-refractivity contribution < 1.29 is 19.7 Å². The minimum Gasteiger partial charge on any atom is -0.489 e. The second-order valence-corrected chi connectivity index (χ2v) is 8.87. The molecule has 1 saturated carbocycles. The number of hydrogen-bond acceptors (Lipinski definition) is 4. The monoisotopic (exact) mass is 545 g/mol. The molecule has 0 heterocycles. The average Bonchev–Trinajstić information content (AvgIpc) is 2.47. The first-order chi connectivity index (χ1) is 10.8. The molecule has 0 amide bonds. The number of halogens is 2. The largest absolute Gasteiger partial charge is 0.489 e. The van der Waals surface area contributed by atoms with Crippen LogP contribution in [0.3, 0.4) is 0 Å². The van der Waals surface area contributed by atoms with Crippen LogP contribution in [0.4, 0.5) is 0 Å². The molecule has 128 valence electrons. The lowest BCUT2D eigenvalue weighted by molar-refractivity contribution is -0.138. The van der Waals surface area contributed by atoms with E-state index >= 15 is 0 Å². The molecule has 0 bridgehead atoms. The molecule has 4 N–H and O–H groups in total. The molecular weight excluding hydrogens is 524 g/mol. The van der Waals surface area contributed by atoms with Gasteiger partial charge >= 0.3 is 5.97 Å². The van der Waals surface area contributed by atoms with E-state index in [2.05, 4.69) is 45.2 Å². The normalized spacial score (nSPS) is 29.1. The van der Waals surface area contributed by atoms with Gasteiger partial charge in [-0.15, -0.1) is 0 Å². The first-order valence-electron chi connectivity index (χ1n) is 7.53. The van der Waals surface area contributed by atoms with Gasteiger partial charge in [0.15, 0.2) is 0 Å². The average molecular weight is 545 g/mol. The van der Waals surface area contributed by atoms with Crippen LogP contribution in [0.1, 0.15) is 25.3 Å². The van der Waals surface area contributed by atoms with Crippen LogP contribution in [0.25, 0.3) is 0 Å². The summed E-state index contributed by atoms with van der Waals surface area (Å²) in [4.78, 5) is 10.8. The Morgan fingerprint density at radius 1 is 1.48 bits per heavy atom. The molecule has 0 saturated heterocycles. The summed E-state index contributed by atoms with van der Waals surface area (Å²) in [5, 5.41) is 18.9. The van der Waals surface area contributed by atoms with Crippen molar-refractivity contribution in [1.82, 2.24) is 0 Å². The number of carboxylic acid groups (broad SMARTS) is 1. The van der Waals surface area contributed by atoms with Gasteiger partial charge in [-0.05, 0) is 65.5 Å². The highest BCUT2D eigenvalue weighted by molar-refractivity contribution is 14.1. The zero-order chi connectivity index (χ0) is 17.1. The van der Waals surface area contributed by atoms with Crippen molar-refractivity contribution in [1.29, 1.82) is 0 Å². The minimum absolute atomic E-state index is 0.0935. The van der Waals surface area contributed by atoms with E-state index in [0.29, 0.717) is 6.42 Å². The van der Waals surface area contributed by atoms with Crippen LogP contribution in [0.15, 0.2) is 18.2 Å². The third-order valence-electron chi connectivity index (χ3n) is 4.14. The summed E-state index contributed by atoms with van der Waals surface area (Å²) in [5.41, 5.74) is 6.46. The predicted octanol–water partition coefficient (Wildman–Crippen LogP) is 2.59. The summed E-state index contributed by atoms with van der Waals surface area (Å²) in [7, 11) is 0. The van der Waals surface area contributed by atoms with Gasteiger partial charge in [0.2, 0.25) is 0 Å². The lowest BCUT2D eigenvalue weighted by Crippen LogP contribution is -2.40. The van der Waals surface area contributed by atoms with Gasteiger partial charge in [-0.2, -0.15) is 0 Å². The number of aliphatic hydroxyl groups is 1. The molecule has 1 aromatic rings. The number of carbonyl (C=O) groups is 1. The van der Waals surface area contributed by atoms with E-state index in [9.17, 15) is 9.90 Å². The Labute approximate surface area is 163 Å². The van der Waals surface area contributed by atoms with Crippen LogP contribution < -0.4 is 10.5 Å². The van der Waals surface area contributed by atoms with Crippen LogP contribution in [0, 0.1) is 9.49 Å². The number of rotatable bonds is 5. The van der Waals surface area contributed by atoms with Gasteiger partial charge in [0.1, 0.15) is 17.9 Å². The second kappa shape index (κ2) is 8.30. The number of alkyl halides is 1. The molecular formula is C16H21I2NO4. The number of benzene rings is 1. The lowest BCUT2D eigenvalue weighted by atomic mass is 9.86. The minimum atomic E-state index is -0.997. The first-order valence-corrected chi connectivity index (χ1v) is 9.86. The highest BCUT2D eigenvalue weighted by atomic mass is 127. The SMILES string of the molecule is CC1CC(Oc2ccc(CC(N)C(=O)O)cc2I)CC(I)C1O. The molecule has 0 aliphatic heterocycles. The van der Waals surface area contributed by atoms with Crippen molar-refractivity contribution in [3.05, 3.63) is 27.3 Å². The third kappa shape index (κ3) is 5.17. The van der Waals surface area contributed by atoms with Gasteiger partial charge in [0, 0.05) is 3.92 Å². The maximum atomic E-state index is 10.8. The molecule has 0 aromatic heterocycles. The molecule has 2 rings (SSSR count). The van der Waals surface area contributed by atoms with E-state index in [1.807, 2.05) is 25.1 Å². The zero-order valence-corrected chi connectivity index (χ0v) is 17.1. The summed E-state index contributed by atoms with van der Waals surface area (Å²) >= 11 is 4.48. The lowest BCUT2D eigenvalue weighted by Gasteiger charge is -2.35. The number of ether oxygens (including phenoxy) is 1. The molecule has 1 fully saturated rings. The van der Waals surface area contributed by atoms with Crippen LogP contribution >= 0.6 is 45.2 Å². The molecule has 23 heavy (non-hydrogen) atoms. The molecule has 1 aromatic carbocycles. The summed E-state index contributed by atoms with van der Waals surface area (Å²) in [6.45, 7) is 2.05. The first kappa shape index (κ1) is 19.2. The van der Waals surface area contributed by atoms with Gasteiger partial charge in [-0.3, -0.25) is 4.79 Å².